The van der Waals surface area contributed by atoms with Crippen LogP contribution >= 0.6 is 0 Å². The van der Waals surface area contributed by atoms with Gasteiger partial charge in [-0.25, -0.2) is 0 Å². The lowest BCUT2D eigenvalue weighted by Gasteiger charge is -2.40. The van der Waals surface area contributed by atoms with Crippen molar-refractivity contribution in [1.29, 1.82) is 0 Å². The molecule has 0 amide bonds. The third-order valence-corrected chi connectivity index (χ3v) is 6.08. The Bertz CT molecular complexity index is 1400. The second-order valence-corrected chi connectivity index (χ2v) is 8.59. The van der Waals surface area contributed by atoms with Gasteiger partial charge in [0.05, 0.1) is 25.2 Å². The number of carboxylic acid groups (broad SMARTS) is 1. The smallest absolute Gasteiger partial charge is 0.317 e. The molecule has 4 N–H and O–H groups in total. The van der Waals surface area contributed by atoms with Crippen LogP contribution in [0.15, 0.2) is 51.9 Å². The van der Waals surface area contributed by atoms with E-state index in [1.165, 1.54) is 32.6 Å². The molecule has 0 radical (unpaired) electrons. The van der Waals surface area contributed by atoms with Crippen LogP contribution < -0.4 is 19.6 Å². The molecule has 0 unspecified atom stereocenters. The van der Waals surface area contributed by atoms with Crippen molar-refractivity contribution in [3.63, 3.8) is 0 Å². The molecule has 1 aromatic heterocycles. The topological polar surface area (TPSA) is 191 Å². The van der Waals surface area contributed by atoms with Gasteiger partial charge in [0.25, 0.3) is 0 Å². The number of benzene rings is 2. The number of methoxy groups -OCH3 is 2. The summed E-state index contributed by atoms with van der Waals surface area (Å²) in [5, 5.41) is 39.8. The van der Waals surface area contributed by atoms with E-state index in [-0.39, 0.29) is 27.9 Å². The number of aliphatic carboxylic acids is 1. The Morgan fingerprint density at radius 2 is 1.67 bits per heavy atom. The predicted octanol–water partition coefficient (Wildman–Crippen LogP) is 0.681. The molecule has 3 aromatic rings. The van der Waals surface area contributed by atoms with Crippen molar-refractivity contribution in [3.8, 4) is 28.4 Å². The highest BCUT2D eigenvalue weighted by molar-refractivity contribution is 5.90. The van der Waals surface area contributed by atoms with Crippen LogP contribution in [-0.4, -0.2) is 83.9 Å². The summed E-state index contributed by atoms with van der Waals surface area (Å²) in [7, 11) is 2.85. The highest BCUT2D eigenvalue weighted by Gasteiger charge is 2.45. The third-order valence-electron chi connectivity index (χ3n) is 6.08. The number of carbonyl (C=O) groups excluding carboxylic acids is 1. The molecule has 208 valence electrons. The minimum atomic E-state index is -1.76. The maximum absolute atomic E-state index is 13.2. The van der Waals surface area contributed by atoms with Gasteiger partial charge in [-0.3, -0.25) is 14.4 Å². The van der Waals surface area contributed by atoms with Gasteiger partial charge in [-0.2, -0.15) is 0 Å². The number of ether oxygens (including phenoxy) is 5. The first-order valence-electron chi connectivity index (χ1n) is 11.6. The van der Waals surface area contributed by atoms with Gasteiger partial charge in [0.15, 0.2) is 11.5 Å². The number of fused-ring (bicyclic) bond motifs is 1. The van der Waals surface area contributed by atoms with Crippen LogP contribution in [0.5, 0.6) is 17.2 Å². The SMILES string of the molecule is COc1ccc(-c2coc3cc(O[C@@H]4O[C@H](COC(=O)CC(=O)O)[C@@H](O)[C@H](O)[C@H]4O)c(OC)cc3c2=O)cc1. The summed E-state index contributed by atoms with van der Waals surface area (Å²) in [6.45, 7) is -0.616. The standard InChI is InChI=1S/C26H26O13/c1-34-13-5-3-12(4-6-13)15-10-36-16-8-18(17(35-2)7-14(16)22(15)30)38-26-25(33)24(32)23(31)19(39-26)11-37-21(29)9-20(27)28/h3-8,10,19,23-26,31-33H,9,11H2,1-2H3,(H,27,28)/t19-,23-,24+,25-,26-/m1/s1. The molecular weight excluding hydrogens is 520 g/mol. The Labute approximate surface area is 220 Å². The van der Waals surface area contributed by atoms with Crippen molar-refractivity contribution in [2.75, 3.05) is 20.8 Å². The van der Waals surface area contributed by atoms with Gasteiger partial charge in [-0.05, 0) is 23.8 Å². The van der Waals surface area contributed by atoms with Crippen LogP contribution in [-0.2, 0) is 19.1 Å². The van der Waals surface area contributed by atoms with E-state index in [0.717, 1.165) is 0 Å². The maximum atomic E-state index is 13.2. The van der Waals surface area contributed by atoms with Crippen molar-refractivity contribution in [2.45, 2.75) is 37.1 Å². The van der Waals surface area contributed by atoms with Gasteiger partial charge in [0.2, 0.25) is 11.7 Å². The Balaban J connectivity index is 1.59. The summed E-state index contributed by atoms with van der Waals surface area (Å²) >= 11 is 0. The fourth-order valence-electron chi connectivity index (χ4n) is 3.98. The van der Waals surface area contributed by atoms with E-state index in [9.17, 15) is 29.7 Å². The van der Waals surface area contributed by atoms with E-state index in [2.05, 4.69) is 0 Å². The monoisotopic (exact) mass is 546 g/mol. The van der Waals surface area contributed by atoms with Crippen molar-refractivity contribution in [2.24, 2.45) is 0 Å². The summed E-state index contributed by atoms with van der Waals surface area (Å²) in [4.78, 5) is 35.4. The summed E-state index contributed by atoms with van der Waals surface area (Å²) in [6.07, 6.45) is -7.74. The third kappa shape index (κ3) is 5.96. The second kappa shape index (κ2) is 11.7. The molecule has 1 aliphatic heterocycles. The fourth-order valence-corrected chi connectivity index (χ4v) is 3.98. The molecule has 0 bridgehead atoms. The molecule has 1 fully saturated rings. The number of esters is 1. The maximum Gasteiger partial charge on any atom is 0.317 e. The normalized spacial score (nSPS) is 22.7. The molecule has 0 saturated carbocycles. The fraction of sp³-hybridized carbons (Fsp3) is 0.346. The zero-order valence-electron chi connectivity index (χ0n) is 20.8. The van der Waals surface area contributed by atoms with E-state index in [0.29, 0.717) is 16.9 Å². The highest BCUT2D eigenvalue weighted by Crippen LogP contribution is 2.35. The average Bonchev–Trinajstić information content (AvgIpc) is 2.92. The molecule has 39 heavy (non-hydrogen) atoms. The van der Waals surface area contributed by atoms with Gasteiger partial charge in [-0.1, -0.05) is 12.1 Å². The van der Waals surface area contributed by atoms with Crippen LogP contribution in [0, 0.1) is 0 Å². The van der Waals surface area contributed by atoms with E-state index < -0.39 is 55.7 Å². The lowest BCUT2D eigenvalue weighted by atomic mass is 9.99. The Morgan fingerprint density at radius 1 is 0.949 bits per heavy atom. The first-order chi connectivity index (χ1) is 18.6. The zero-order valence-corrected chi connectivity index (χ0v) is 20.8. The molecule has 2 heterocycles. The highest BCUT2D eigenvalue weighted by atomic mass is 16.7. The molecule has 5 atom stereocenters. The lowest BCUT2D eigenvalue weighted by molar-refractivity contribution is -0.278. The molecular formula is C26H26O13. The minimum absolute atomic E-state index is 0.0281. The largest absolute Gasteiger partial charge is 0.497 e. The van der Waals surface area contributed by atoms with Crippen LogP contribution in [0.1, 0.15) is 6.42 Å². The number of aliphatic hydroxyl groups is 3. The Kier molecular flexibility index (Phi) is 8.35. The van der Waals surface area contributed by atoms with Crippen molar-refractivity contribution < 1.29 is 58.1 Å². The van der Waals surface area contributed by atoms with Crippen LogP contribution in [0.25, 0.3) is 22.1 Å². The van der Waals surface area contributed by atoms with Crippen LogP contribution in [0.2, 0.25) is 0 Å². The van der Waals surface area contributed by atoms with Crippen LogP contribution in [0.4, 0.5) is 0 Å². The molecule has 13 heteroatoms. The van der Waals surface area contributed by atoms with Crippen molar-refractivity contribution in [3.05, 3.63) is 52.9 Å². The van der Waals surface area contributed by atoms with Gasteiger partial charge in [-0.15, -0.1) is 0 Å². The molecule has 1 aliphatic rings. The number of hydrogen-bond acceptors (Lipinski definition) is 12. The summed E-state index contributed by atoms with van der Waals surface area (Å²) in [5.74, 6) is -1.83. The zero-order chi connectivity index (χ0) is 28.3. The number of rotatable bonds is 9. The van der Waals surface area contributed by atoms with E-state index in [4.69, 9.17) is 33.2 Å². The number of carbonyl (C=O) groups is 2. The number of hydrogen-bond donors (Lipinski definition) is 4. The van der Waals surface area contributed by atoms with Gasteiger partial charge in [0.1, 0.15) is 55.0 Å². The van der Waals surface area contributed by atoms with Gasteiger partial charge in [0, 0.05) is 6.07 Å². The minimum Gasteiger partial charge on any atom is -0.497 e. The van der Waals surface area contributed by atoms with Crippen molar-refractivity contribution in [1.82, 2.24) is 0 Å². The van der Waals surface area contributed by atoms with Gasteiger partial charge >= 0.3 is 11.9 Å². The first kappa shape index (κ1) is 27.9. The van der Waals surface area contributed by atoms with Gasteiger partial charge < -0.3 is 48.5 Å². The Morgan fingerprint density at radius 3 is 2.31 bits per heavy atom. The second-order valence-electron chi connectivity index (χ2n) is 8.59. The van der Waals surface area contributed by atoms with E-state index in [1.807, 2.05) is 0 Å². The quantitative estimate of drug-likeness (QED) is 0.217. The first-order valence-corrected chi connectivity index (χ1v) is 11.6. The molecule has 4 rings (SSSR count). The predicted molar refractivity (Wildman–Crippen MR) is 132 cm³/mol. The lowest BCUT2D eigenvalue weighted by Crippen LogP contribution is -2.60. The van der Waals surface area contributed by atoms with Crippen LogP contribution in [0.3, 0.4) is 0 Å². The van der Waals surface area contributed by atoms with E-state index in [1.54, 1.807) is 24.3 Å². The summed E-state index contributed by atoms with van der Waals surface area (Å²) in [6, 6.07) is 9.55. The molecule has 1 saturated heterocycles. The Hall–Kier alpha value is -4.17. The van der Waals surface area contributed by atoms with E-state index >= 15 is 0 Å². The van der Waals surface area contributed by atoms with Crippen molar-refractivity contribution >= 4 is 22.9 Å². The number of carboxylic acids is 1. The number of aliphatic hydroxyl groups excluding tert-OH is 3. The summed E-state index contributed by atoms with van der Waals surface area (Å²) < 4.78 is 32.2. The molecule has 0 aliphatic carbocycles. The molecule has 13 nitrogen and oxygen atoms in total. The summed E-state index contributed by atoms with van der Waals surface area (Å²) in [5.41, 5.74) is 0.677. The molecule has 0 spiro atoms. The molecule has 2 aromatic carbocycles. The average molecular weight is 546 g/mol.